The van der Waals surface area contributed by atoms with Crippen molar-refractivity contribution >= 4 is 0 Å². The highest BCUT2D eigenvalue weighted by Crippen LogP contribution is 2.06. The zero-order valence-corrected chi connectivity index (χ0v) is 8.89. The fourth-order valence-electron chi connectivity index (χ4n) is 1.33. The summed E-state index contributed by atoms with van der Waals surface area (Å²) in [6, 6.07) is 0.667. The van der Waals surface area contributed by atoms with Crippen LogP contribution in [-0.2, 0) is 4.74 Å². The van der Waals surface area contributed by atoms with Gasteiger partial charge < -0.3 is 10.1 Å². The van der Waals surface area contributed by atoms with E-state index in [2.05, 4.69) is 26.1 Å². The van der Waals surface area contributed by atoms with E-state index in [1.807, 2.05) is 0 Å². The lowest BCUT2D eigenvalue weighted by Gasteiger charge is -2.18. The first kappa shape index (κ1) is 11.9. The molecule has 74 valence electrons. The Bertz CT molecular complexity index is 93.8. The van der Waals surface area contributed by atoms with Crippen molar-refractivity contribution in [2.75, 3.05) is 20.3 Å². The molecule has 0 radical (unpaired) electrons. The molecular weight excluding hydrogens is 150 g/mol. The van der Waals surface area contributed by atoms with E-state index in [0.717, 1.165) is 19.1 Å². The van der Waals surface area contributed by atoms with Crippen LogP contribution in [0.1, 0.15) is 33.6 Å². The minimum absolute atomic E-state index is 0.667. The molecule has 2 heteroatoms. The second-order valence-corrected chi connectivity index (χ2v) is 3.68. The number of ether oxygens (including phenoxy) is 1. The van der Waals surface area contributed by atoms with Gasteiger partial charge in [-0.2, -0.15) is 0 Å². The summed E-state index contributed by atoms with van der Waals surface area (Å²) in [4.78, 5) is 0. The number of hydrogen-bond donors (Lipinski definition) is 1. The van der Waals surface area contributed by atoms with Gasteiger partial charge in [0.25, 0.3) is 0 Å². The van der Waals surface area contributed by atoms with Crippen LogP contribution in [0.3, 0.4) is 0 Å². The minimum Gasteiger partial charge on any atom is -0.383 e. The van der Waals surface area contributed by atoms with Gasteiger partial charge in [0.15, 0.2) is 0 Å². The van der Waals surface area contributed by atoms with E-state index in [1.54, 1.807) is 7.11 Å². The number of hydrogen-bond acceptors (Lipinski definition) is 2. The Hall–Kier alpha value is -0.0800. The van der Waals surface area contributed by atoms with Crippen LogP contribution in [0.15, 0.2) is 0 Å². The van der Waals surface area contributed by atoms with Gasteiger partial charge in [-0.1, -0.05) is 20.8 Å². The van der Waals surface area contributed by atoms with Gasteiger partial charge in [0.1, 0.15) is 0 Å². The van der Waals surface area contributed by atoms with Crippen molar-refractivity contribution in [2.45, 2.75) is 39.7 Å². The van der Waals surface area contributed by atoms with Gasteiger partial charge in [0.2, 0.25) is 0 Å². The van der Waals surface area contributed by atoms with Crippen molar-refractivity contribution in [2.24, 2.45) is 5.92 Å². The highest BCUT2D eigenvalue weighted by atomic mass is 16.5. The van der Waals surface area contributed by atoms with Crippen molar-refractivity contribution in [3.8, 4) is 0 Å². The Morgan fingerprint density at radius 2 is 2.00 bits per heavy atom. The standard InChI is InChI=1S/C10H23NO/c1-5-10(8-9(2)3)11-6-7-12-4/h9-11H,5-8H2,1-4H3/t10-/m1/s1. The molecule has 2 nitrogen and oxygen atoms in total. The zero-order valence-electron chi connectivity index (χ0n) is 8.89. The van der Waals surface area contributed by atoms with Gasteiger partial charge in [-0.05, 0) is 18.8 Å². The highest BCUT2D eigenvalue weighted by Gasteiger charge is 2.06. The van der Waals surface area contributed by atoms with Crippen LogP contribution >= 0.6 is 0 Å². The maximum atomic E-state index is 4.98. The normalized spacial score (nSPS) is 13.8. The van der Waals surface area contributed by atoms with E-state index in [0.29, 0.717) is 6.04 Å². The van der Waals surface area contributed by atoms with Crippen molar-refractivity contribution in [1.29, 1.82) is 0 Å². The molecule has 12 heavy (non-hydrogen) atoms. The van der Waals surface area contributed by atoms with Gasteiger partial charge in [-0.25, -0.2) is 0 Å². The average molecular weight is 173 g/mol. The van der Waals surface area contributed by atoms with Crippen molar-refractivity contribution in [3.63, 3.8) is 0 Å². The lowest BCUT2D eigenvalue weighted by molar-refractivity contribution is 0.193. The molecule has 0 fully saturated rings. The molecule has 0 aliphatic rings. The predicted molar refractivity (Wildman–Crippen MR) is 53.4 cm³/mol. The van der Waals surface area contributed by atoms with Crippen molar-refractivity contribution in [3.05, 3.63) is 0 Å². The molecule has 1 N–H and O–H groups in total. The summed E-state index contributed by atoms with van der Waals surface area (Å²) in [6.07, 6.45) is 2.47. The van der Waals surface area contributed by atoms with E-state index in [-0.39, 0.29) is 0 Å². The van der Waals surface area contributed by atoms with Gasteiger partial charge in [0, 0.05) is 19.7 Å². The Morgan fingerprint density at radius 1 is 1.33 bits per heavy atom. The largest absolute Gasteiger partial charge is 0.383 e. The van der Waals surface area contributed by atoms with Gasteiger partial charge in [-0.15, -0.1) is 0 Å². The fourth-order valence-corrected chi connectivity index (χ4v) is 1.33. The fraction of sp³-hybridized carbons (Fsp3) is 1.00. The van der Waals surface area contributed by atoms with Crippen LogP contribution in [0, 0.1) is 5.92 Å². The number of nitrogens with one attached hydrogen (secondary N) is 1. The van der Waals surface area contributed by atoms with Crippen molar-refractivity contribution in [1.82, 2.24) is 5.32 Å². The molecule has 0 aromatic heterocycles. The Balaban J connectivity index is 3.39. The van der Waals surface area contributed by atoms with E-state index in [9.17, 15) is 0 Å². The molecule has 0 rings (SSSR count). The second kappa shape index (κ2) is 7.56. The Morgan fingerprint density at radius 3 is 2.42 bits per heavy atom. The molecule has 0 bridgehead atoms. The molecule has 0 unspecified atom stereocenters. The second-order valence-electron chi connectivity index (χ2n) is 3.68. The van der Waals surface area contributed by atoms with E-state index < -0.39 is 0 Å². The van der Waals surface area contributed by atoms with Crippen LogP contribution in [0.2, 0.25) is 0 Å². The smallest absolute Gasteiger partial charge is 0.0587 e. The van der Waals surface area contributed by atoms with E-state index in [4.69, 9.17) is 4.74 Å². The quantitative estimate of drug-likeness (QED) is 0.595. The summed E-state index contributed by atoms with van der Waals surface area (Å²) in [5.41, 5.74) is 0. The molecular formula is C10H23NO. The molecule has 0 aliphatic carbocycles. The monoisotopic (exact) mass is 173 g/mol. The molecule has 1 atom stereocenters. The summed E-state index contributed by atoms with van der Waals surface area (Å²) in [5, 5.41) is 3.48. The van der Waals surface area contributed by atoms with Gasteiger partial charge >= 0.3 is 0 Å². The summed E-state index contributed by atoms with van der Waals surface area (Å²) in [7, 11) is 1.74. The minimum atomic E-state index is 0.667. The SMILES string of the molecule is CC[C@H](CC(C)C)NCCOC. The first-order chi connectivity index (χ1) is 5.70. The molecule has 0 aromatic carbocycles. The molecule has 0 spiro atoms. The molecule has 0 saturated carbocycles. The first-order valence-corrected chi connectivity index (χ1v) is 4.93. The molecule has 0 heterocycles. The molecule has 0 amide bonds. The van der Waals surface area contributed by atoms with E-state index >= 15 is 0 Å². The third kappa shape index (κ3) is 6.62. The molecule has 0 saturated heterocycles. The van der Waals surface area contributed by atoms with E-state index in [1.165, 1.54) is 12.8 Å². The van der Waals surface area contributed by atoms with Crippen LogP contribution in [0.5, 0.6) is 0 Å². The average Bonchev–Trinajstić information content (AvgIpc) is 2.02. The zero-order chi connectivity index (χ0) is 9.40. The van der Waals surface area contributed by atoms with Crippen molar-refractivity contribution < 1.29 is 4.74 Å². The molecule has 0 aromatic rings. The predicted octanol–water partition coefficient (Wildman–Crippen LogP) is 2.05. The highest BCUT2D eigenvalue weighted by molar-refractivity contribution is 4.66. The summed E-state index contributed by atoms with van der Waals surface area (Å²) < 4.78 is 4.98. The lowest BCUT2D eigenvalue weighted by atomic mass is 10.0. The maximum Gasteiger partial charge on any atom is 0.0587 e. The van der Waals surface area contributed by atoms with Crippen LogP contribution < -0.4 is 5.32 Å². The van der Waals surface area contributed by atoms with Crippen LogP contribution in [-0.4, -0.2) is 26.3 Å². The van der Waals surface area contributed by atoms with Gasteiger partial charge in [0.05, 0.1) is 6.61 Å². The third-order valence-corrected chi connectivity index (χ3v) is 1.99. The number of methoxy groups -OCH3 is 1. The van der Waals surface area contributed by atoms with Gasteiger partial charge in [-0.3, -0.25) is 0 Å². The maximum absolute atomic E-state index is 4.98. The Kier molecular flexibility index (Phi) is 7.51. The summed E-state index contributed by atoms with van der Waals surface area (Å²) >= 11 is 0. The van der Waals surface area contributed by atoms with Crippen LogP contribution in [0.25, 0.3) is 0 Å². The summed E-state index contributed by atoms with van der Waals surface area (Å²) in [5.74, 6) is 0.782. The summed E-state index contributed by atoms with van der Waals surface area (Å²) in [6.45, 7) is 8.55. The number of rotatable bonds is 7. The van der Waals surface area contributed by atoms with Crippen LogP contribution in [0.4, 0.5) is 0 Å². The third-order valence-electron chi connectivity index (χ3n) is 1.99. The first-order valence-electron chi connectivity index (χ1n) is 4.93. The lowest BCUT2D eigenvalue weighted by Crippen LogP contribution is -2.32. The Labute approximate surface area is 76.7 Å². The molecule has 0 aliphatic heterocycles. The topological polar surface area (TPSA) is 21.3 Å².